The number of ether oxygens (including phenoxy) is 1. The van der Waals surface area contributed by atoms with Gasteiger partial charge in [-0.05, 0) is 146 Å². The van der Waals surface area contributed by atoms with Gasteiger partial charge in [-0.3, -0.25) is 14.4 Å². The number of carbonyl (C=O) groups is 3. The molecule has 7 heteroatoms. The molecule has 0 radical (unpaired) electrons. The van der Waals surface area contributed by atoms with Gasteiger partial charge in [0, 0.05) is 35.4 Å². The van der Waals surface area contributed by atoms with Crippen LogP contribution in [0.15, 0.2) is 36.4 Å². The summed E-state index contributed by atoms with van der Waals surface area (Å²) in [5.41, 5.74) is 8.01. The third kappa shape index (κ3) is 6.08. The Bertz CT molecular complexity index is 1470. The van der Waals surface area contributed by atoms with Crippen molar-refractivity contribution in [1.29, 1.82) is 0 Å². The van der Waals surface area contributed by atoms with Crippen molar-refractivity contribution in [3.63, 3.8) is 0 Å². The van der Waals surface area contributed by atoms with Gasteiger partial charge in [0.2, 0.25) is 5.91 Å². The molecule has 0 heterocycles. The Morgan fingerprint density at radius 2 is 1.57 bits per heavy atom. The second-order valence-electron chi connectivity index (χ2n) is 18.5. The van der Waals surface area contributed by atoms with E-state index in [0.717, 1.165) is 12.8 Å². The number of amides is 2. The Kier molecular flexibility index (Phi) is 9.68. The van der Waals surface area contributed by atoms with Crippen LogP contribution in [0, 0.1) is 56.7 Å². The largest absolute Gasteiger partial charge is 0.462 e. The smallest absolute Gasteiger partial charge is 0.306 e. The molecular weight excluding hydrogens is 632 g/mol. The Hall–Kier alpha value is -2.34. The van der Waals surface area contributed by atoms with Crippen molar-refractivity contribution in [1.82, 2.24) is 5.32 Å². The Morgan fingerprint density at radius 3 is 2.27 bits per heavy atom. The van der Waals surface area contributed by atoms with Gasteiger partial charge in [0.05, 0.1) is 0 Å². The minimum atomic E-state index is -0.370. The maximum atomic E-state index is 13.0. The summed E-state index contributed by atoms with van der Waals surface area (Å²) in [5.74, 6) is 2.17. The van der Waals surface area contributed by atoms with E-state index in [1.807, 2.05) is 0 Å². The molecule has 0 unspecified atom stereocenters. The van der Waals surface area contributed by atoms with Crippen LogP contribution in [-0.2, 0) is 14.3 Å². The van der Waals surface area contributed by atoms with Gasteiger partial charge >= 0.3 is 5.97 Å². The molecule has 5 saturated carbocycles. The molecule has 1 aromatic carbocycles. The predicted octanol–water partition coefficient (Wildman–Crippen LogP) is 9.29. The molecule has 10 atom stereocenters. The van der Waals surface area contributed by atoms with Gasteiger partial charge in [0.15, 0.2) is 0 Å². The average Bonchev–Trinajstić information content (AvgIpc) is 3.39. The standard InChI is InChI=1S/C42H61ClN2O4/c1-26(25-45-37(48)27-11-13-28(43)14-12-27)29-17-20-39(4)23-24-41(6)30(36(29)39)15-16-32-40(5)21-19-33(49-35(47)10-8-9-34(44)46)38(2,3)31(40)18-22-42(32,41)7/h11-14,29-33,36H,1,8-10,15-25H2,2-7H3,(H2,44,46)(H,45,48)/t29-,30+,31-,32+,33-,36+,39+,40-,41+,42+/m0/s1. The highest BCUT2D eigenvalue weighted by atomic mass is 35.5. The zero-order valence-electron chi connectivity index (χ0n) is 31.0. The van der Waals surface area contributed by atoms with Gasteiger partial charge in [0.25, 0.3) is 5.91 Å². The highest BCUT2D eigenvalue weighted by Gasteiger charge is 2.70. The van der Waals surface area contributed by atoms with Crippen LogP contribution in [0.2, 0.25) is 5.02 Å². The summed E-state index contributed by atoms with van der Waals surface area (Å²) in [4.78, 5) is 37.0. The van der Waals surface area contributed by atoms with Crippen LogP contribution < -0.4 is 11.1 Å². The van der Waals surface area contributed by atoms with Crippen molar-refractivity contribution in [2.75, 3.05) is 6.54 Å². The van der Waals surface area contributed by atoms with Crippen LogP contribution in [0.3, 0.4) is 0 Å². The van der Waals surface area contributed by atoms with Gasteiger partial charge in [-0.1, -0.05) is 65.3 Å². The van der Waals surface area contributed by atoms with E-state index >= 15 is 0 Å². The normalized spacial score (nSPS) is 40.6. The number of fused-ring (bicyclic) bond motifs is 7. The first-order chi connectivity index (χ1) is 23.0. The highest BCUT2D eigenvalue weighted by Crippen LogP contribution is 2.77. The van der Waals surface area contributed by atoms with Crippen LogP contribution in [0.4, 0.5) is 0 Å². The number of halogens is 1. The quantitative estimate of drug-likeness (QED) is 0.199. The summed E-state index contributed by atoms with van der Waals surface area (Å²) in [6.45, 7) is 20.3. The van der Waals surface area contributed by atoms with Gasteiger partial charge in [-0.2, -0.15) is 0 Å². The number of rotatable bonds is 9. The minimum Gasteiger partial charge on any atom is -0.462 e. The van der Waals surface area contributed by atoms with Crippen molar-refractivity contribution in [2.24, 2.45) is 62.4 Å². The molecular formula is C42H61ClN2O4. The predicted molar refractivity (Wildman–Crippen MR) is 196 cm³/mol. The lowest BCUT2D eigenvalue weighted by atomic mass is 9.32. The summed E-state index contributed by atoms with van der Waals surface area (Å²) >= 11 is 6.05. The lowest BCUT2D eigenvalue weighted by Crippen LogP contribution is -2.66. The monoisotopic (exact) mass is 692 g/mol. The lowest BCUT2D eigenvalue weighted by molar-refractivity contribution is -0.249. The van der Waals surface area contributed by atoms with E-state index in [0.29, 0.717) is 58.6 Å². The first kappa shape index (κ1) is 36.5. The van der Waals surface area contributed by atoms with Crippen molar-refractivity contribution < 1.29 is 19.1 Å². The number of hydrogen-bond donors (Lipinski definition) is 2. The molecule has 5 aliphatic carbocycles. The molecule has 0 spiro atoms. The van der Waals surface area contributed by atoms with E-state index in [1.165, 1.54) is 56.9 Å². The number of hydrogen-bond acceptors (Lipinski definition) is 4. The molecule has 0 aromatic heterocycles. The fraction of sp³-hybridized carbons (Fsp3) is 0.738. The molecule has 2 amide bonds. The van der Waals surface area contributed by atoms with Gasteiger partial charge in [-0.25, -0.2) is 0 Å². The summed E-state index contributed by atoms with van der Waals surface area (Å²) in [5, 5.41) is 3.81. The van der Waals surface area contributed by atoms with Crippen LogP contribution in [-0.4, -0.2) is 30.4 Å². The summed E-state index contributed by atoms with van der Waals surface area (Å²) in [6, 6.07) is 7.09. The fourth-order valence-electron chi connectivity index (χ4n) is 13.2. The zero-order chi connectivity index (χ0) is 35.6. The van der Waals surface area contributed by atoms with Crippen LogP contribution >= 0.6 is 11.6 Å². The SMILES string of the molecule is C=C(CNC(=O)c1ccc(Cl)cc1)[C@@H]1CC[C@]2(C)CC[C@]3(C)[C@H](CC[C@@H]4[C@@]5(C)CC[C@H](OC(=O)CCCC(N)=O)C(C)(C)[C@@H]5CC[C@]43C)[C@@H]12. The van der Waals surface area contributed by atoms with Crippen molar-refractivity contribution in [3.05, 3.63) is 47.0 Å². The van der Waals surface area contributed by atoms with E-state index < -0.39 is 0 Å². The maximum Gasteiger partial charge on any atom is 0.306 e. The Balaban J connectivity index is 1.18. The summed E-state index contributed by atoms with van der Waals surface area (Å²) in [7, 11) is 0. The minimum absolute atomic E-state index is 0.0689. The van der Waals surface area contributed by atoms with Crippen LogP contribution in [0.1, 0.15) is 135 Å². The zero-order valence-corrected chi connectivity index (χ0v) is 31.7. The molecule has 0 bridgehead atoms. The number of benzene rings is 1. The van der Waals surface area contributed by atoms with E-state index in [1.54, 1.807) is 24.3 Å². The van der Waals surface area contributed by atoms with Gasteiger partial charge in [0.1, 0.15) is 6.10 Å². The van der Waals surface area contributed by atoms with Crippen LogP contribution in [0.5, 0.6) is 0 Å². The van der Waals surface area contributed by atoms with Crippen molar-refractivity contribution in [3.8, 4) is 0 Å². The third-order valence-electron chi connectivity index (χ3n) is 16.0. The molecule has 3 N–H and O–H groups in total. The number of carbonyl (C=O) groups excluding carboxylic acids is 3. The number of nitrogens with one attached hydrogen (secondary N) is 1. The second kappa shape index (κ2) is 13.0. The Morgan fingerprint density at radius 1 is 0.857 bits per heavy atom. The van der Waals surface area contributed by atoms with E-state index in [-0.39, 0.29) is 58.4 Å². The number of primary amides is 1. The van der Waals surface area contributed by atoms with E-state index in [2.05, 4.69) is 53.4 Å². The molecule has 6 nitrogen and oxygen atoms in total. The molecule has 270 valence electrons. The van der Waals surface area contributed by atoms with Crippen molar-refractivity contribution in [2.45, 2.75) is 131 Å². The van der Waals surface area contributed by atoms with Gasteiger partial charge < -0.3 is 15.8 Å². The van der Waals surface area contributed by atoms with Gasteiger partial charge in [-0.15, -0.1) is 0 Å². The molecule has 1 aromatic rings. The molecule has 0 saturated heterocycles. The summed E-state index contributed by atoms with van der Waals surface area (Å²) < 4.78 is 6.18. The average molecular weight is 693 g/mol. The second-order valence-corrected chi connectivity index (χ2v) is 18.9. The first-order valence-electron chi connectivity index (χ1n) is 19.2. The van der Waals surface area contributed by atoms with Crippen molar-refractivity contribution >= 4 is 29.4 Å². The topological polar surface area (TPSA) is 98.5 Å². The fourth-order valence-corrected chi connectivity index (χ4v) is 13.4. The highest BCUT2D eigenvalue weighted by molar-refractivity contribution is 6.30. The molecule has 5 aliphatic rings. The molecule has 6 rings (SSSR count). The maximum absolute atomic E-state index is 13.0. The summed E-state index contributed by atoms with van der Waals surface area (Å²) in [6.07, 6.45) is 12.7. The molecule has 49 heavy (non-hydrogen) atoms. The van der Waals surface area contributed by atoms with E-state index in [4.69, 9.17) is 22.1 Å². The van der Waals surface area contributed by atoms with E-state index in [9.17, 15) is 14.4 Å². The number of nitrogens with two attached hydrogens (primary N) is 1. The lowest BCUT2D eigenvalue weighted by Gasteiger charge is -2.73. The number of esters is 1. The molecule has 0 aliphatic heterocycles. The molecule has 5 fully saturated rings. The Labute approximate surface area is 300 Å². The third-order valence-corrected chi connectivity index (χ3v) is 16.2. The first-order valence-corrected chi connectivity index (χ1v) is 19.5. The van der Waals surface area contributed by atoms with Crippen LogP contribution in [0.25, 0.3) is 0 Å².